The highest BCUT2D eigenvalue weighted by molar-refractivity contribution is 9.10. The molecule has 0 spiro atoms. The number of hydrogen-bond donors (Lipinski definition) is 1. The standard InChI is InChI=1S/C23H20BrN3O2/c24-19-8-1-5-16(13-19)21-10-4-12-27(21)23(29)17-6-2-9-20(14-17)26-22(28)18-7-3-11-25-15-18/h1-3,5-9,11,13-15,21H,4,10,12H2,(H,26,28). The van der Waals surface area contributed by atoms with E-state index in [1.807, 2.05) is 17.0 Å². The van der Waals surface area contributed by atoms with Gasteiger partial charge in [-0.05, 0) is 60.9 Å². The molecule has 4 rings (SSSR count). The van der Waals surface area contributed by atoms with E-state index >= 15 is 0 Å². The number of carbonyl (C=O) groups is 2. The number of benzene rings is 2. The zero-order valence-corrected chi connectivity index (χ0v) is 17.3. The van der Waals surface area contributed by atoms with Crippen molar-refractivity contribution in [3.05, 3.63) is 94.2 Å². The predicted octanol–water partition coefficient (Wildman–Crippen LogP) is 5.07. The van der Waals surface area contributed by atoms with Crippen LogP contribution in [0.3, 0.4) is 0 Å². The third-order valence-corrected chi connectivity index (χ3v) is 5.53. The number of amides is 2. The first-order valence-corrected chi connectivity index (χ1v) is 10.3. The predicted molar refractivity (Wildman–Crippen MR) is 116 cm³/mol. The molecule has 146 valence electrons. The van der Waals surface area contributed by atoms with Gasteiger partial charge in [0.15, 0.2) is 0 Å². The topological polar surface area (TPSA) is 62.3 Å². The van der Waals surface area contributed by atoms with Crippen molar-refractivity contribution in [1.82, 2.24) is 9.88 Å². The van der Waals surface area contributed by atoms with Gasteiger partial charge >= 0.3 is 0 Å². The highest BCUT2D eigenvalue weighted by atomic mass is 79.9. The number of halogens is 1. The second-order valence-corrected chi connectivity index (χ2v) is 7.90. The molecule has 29 heavy (non-hydrogen) atoms. The number of aromatic nitrogens is 1. The number of likely N-dealkylation sites (tertiary alicyclic amines) is 1. The van der Waals surface area contributed by atoms with E-state index in [1.165, 1.54) is 6.20 Å². The van der Waals surface area contributed by atoms with Crippen molar-refractivity contribution in [2.24, 2.45) is 0 Å². The van der Waals surface area contributed by atoms with Crippen molar-refractivity contribution >= 4 is 33.4 Å². The molecule has 0 aliphatic carbocycles. The second-order valence-electron chi connectivity index (χ2n) is 6.99. The van der Waals surface area contributed by atoms with Gasteiger partial charge in [-0.1, -0.05) is 34.1 Å². The lowest BCUT2D eigenvalue weighted by Crippen LogP contribution is -2.30. The van der Waals surface area contributed by atoms with Gasteiger partial charge in [0.05, 0.1) is 11.6 Å². The summed E-state index contributed by atoms with van der Waals surface area (Å²) in [6.07, 6.45) is 5.05. The molecule has 2 aromatic carbocycles. The fraction of sp³-hybridized carbons (Fsp3) is 0.174. The fourth-order valence-corrected chi connectivity index (χ4v) is 4.08. The van der Waals surface area contributed by atoms with E-state index in [2.05, 4.69) is 38.4 Å². The molecule has 1 unspecified atom stereocenters. The Bertz CT molecular complexity index is 1040. The van der Waals surface area contributed by atoms with Crippen molar-refractivity contribution in [3.8, 4) is 0 Å². The quantitative estimate of drug-likeness (QED) is 0.604. The molecule has 5 nitrogen and oxygen atoms in total. The van der Waals surface area contributed by atoms with Gasteiger partial charge < -0.3 is 10.2 Å². The third kappa shape index (κ3) is 4.38. The van der Waals surface area contributed by atoms with Crippen molar-refractivity contribution in [2.75, 3.05) is 11.9 Å². The van der Waals surface area contributed by atoms with Gasteiger partial charge in [-0.15, -0.1) is 0 Å². The third-order valence-electron chi connectivity index (χ3n) is 5.04. The van der Waals surface area contributed by atoms with Crippen LogP contribution in [0.5, 0.6) is 0 Å². The molecular formula is C23H20BrN3O2. The number of nitrogens with one attached hydrogen (secondary N) is 1. The maximum atomic E-state index is 13.2. The Hall–Kier alpha value is -2.99. The molecule has 1 atom stereocenters. The van der Waals surface area contributed by atoms with Crippen LogP contribution in [0.1, 0.15) is 45.2 Å². The van der Waals surface area contributed by atoms with Crippen LogP contribution in [-0.4, -0.2) is 28.2 Å². The van der Waals surface area contributed by atoms with Crippen LogP contribution in [0.2, 0.25) is 0 Å². The number of hydrogen-bond acceptors (Lipinski definition) is 3. The molecule has 2 heterocycles. The van der Waals surface area contributed by atoms with Crippen LogP contribution in [-0.2, 0) is 0 Å². The van der Waals surface area contributed by atoms with Crippen LogP contribution < -0.4 is 5.32 Å². The lowest BCUT2D eigenvalue weighted by molar-refractivity contribution is 0.0735. The Morgan fingerprint density at radius 3 is 2.66 bits per heavy atom. The molecule has 1 aromatic heterocycles. The van der Waals surface area contributed by atoms with Gasteiger partial charge in [-0.2, -0.15) is 0 Å². The van der Waals surface area contributed by atoms with Gasteiger partial charge in [0.25, 0.3) is 11.8 Å². The Morgan fingerprint density at radius 2 is 1.86 bits per heavy atom. The summed E-state index contributed by atoms with van der Waals surface area (Å²) >= 11 is 3.51. The number of rotatable bonds is 4. The maximum absolute atomic E-state index is 13.2. The SMILES string of the molecule is O=C(Nc1cccc(C(=O)N2CCCC2c2cccc(Br)c2)c1)c1cccnc1. The van der Waals surface area contributed by atoms with E-state index < -0.39 is 0 Å². The van der Waals surface area contributed by atoms with Gasteiger partial charge in [-0.25, -0.2) is 0 Å². The Kier molecular flexibility index (Phi) is 5.71. The highest BCUT2D eigenvalue weighted by Crippen LogP contribution is 2.34. The van der Waals surface area contributed by atoms with E-state index in [9.17, 15) is 9.59 Å². The van der Waals surface area contributed by atoms with Crippen LogP contribution in [0, 0.1) is 0 Å². The fourth-order valence-electron chi connectivity index (χ4n) is 3.67. The molecule has 2 amide bonds. The second kappa shape index (κ2) is 8.57. The average molecular weight is 450 g/mol. The Balaban J connectivity index is 1.53. The smallest absolute Gasteiger partial charge is 0.257 e. The van der Waals surface area contributed by atoms with Crippen molar-refractivity contribution in [1.29, 1.82) is 0 Å². The Labute approximate surface area is 177 Å². The first-order valence-electron chi connectivity index (χ1n) is 9.50. The lowest BCUT2D eigenvalue weighted by atomic mass is 10.0. The molecule has 0 radical (unpaired) electrons. The molecule has 0 bridgehead atoms. The lowest BCUT2D eigenvalue weighted by Gasteiger charge is -2.25. The molecule has 1 saturated heterocycles. The number of carbonyl (C=O) groups excluding carboxylic acids is 2. The minimum absolute atomic E-state index is 0.0232. The number of pyridine rings is 1. The zero-order chi connectivity index (χ0) is 20.2. The Morgan fingerprint density at radius 1 is 1.03 bits per heavy atom. The van der Waals surface area contributed by atoms with Crippen LogP contribution in [0.4, 0.5) is 5.69 Å². The molecule has 0 saturated carbocycles. The van der Waals surface area contributed by atoms with E-state index in [1.54, 1.807) is 42.6 Å². The van der Waals surface area contributed by atoms with E-state index in [4.69, 9.17) is 0 Å². The summed E-state index contributed by atoms with van der Waals surface area (Å²) in [4.78, 5) is 31.5. The summed E-state index contributed by atoms with van der Waals surface area (Å²) in [5.74, 6) is -0.277. The number of nitrogens with zero attached hydrogens (tertiary/aromatic N) is 2. The van der Waals surface area contributed by atoms with Crippen LogP contribution >= 0.6 is 15.9 Å². The average Bonchev–Trinajstić information content (AvgIpc) is 3.24. The molecular weight excluding hydrogens is 430 g/mol. The van der Waals surface area contributed by atoms with Gasteiger partial charge in [-0.3, -0.25) is 14.6 Å². The maximum Gasteiger partial charge on any atom is 0.257 e. The highest BCUT2D eigenvalue weighted by Gasteiger charge is 2.30. The molecule has 1 N–H and O–H groups in total. The first-order chi connectivity index (χ1) is 14.1. The van der Waals surface area contributed by atoms with Gasteiger partial charge in [0.2, 0.25) is 0 Å². The molecule has 1 aliphatic heterocycles. The molecule has 3 aromatic rings. The molecule has 1 fully saturated rings. The van der Waals surface area contributed by atoms with Crippen LogP contribution in [0.25, 0.3) is 0 Å². The van der Waals surface area contributed by atoms with Crippen molar-refractivity contribution in [3.63, 3.8) is 0 Å². The van der Waals surface area contributed by atoms with E-state index in [0.29, 0.717) is 16.8 Å². The number of anilines is 1. The zero-order valence-electron chi connectivity index (χ0n) is 15.7. The summed E-state index contributed by atoms with van der Waals surface area (Å²) in [6.45, 7) is 0.724. The van der Waals surface area contributed by atoms with Crippen LogP contribution in [0.15, 0.2) is 77.5 Å². The van der Waals surface area contributed by atoms with Crippen molar-refractivity contribution in [2.45, 2.75) is 18.9 Å². The van der Waals surface area contributed by atoms with Gasteiger partial charge in [0, 0.05) is 34.7 Å². The summed E-state index contributed by atoms with van der Waals surface area (Å²) in [5, 5.41) is 2.84. The summed E-state index contributed by atoms with van der Waals surface area (Å²) in [7, 11) is 0. The first kappa shape index (κ1) is 19.3. The molecule has 6 heteroatoms. The van der Waals surface area contributed by atoms with Gasteiger partial charge in [0.1, 0.15) is 0 Å². The summed E-state index contributed by atoms with van der Waals surface area (Å²) in [6, 6.07) is 18.7. The van der Waals surface area contributed by atoms with Crippen molar-refractivity contribution < 1.29 is 9.59 Å². The normalized spacial score (nSPS) is 15.9. The van der Waals surface area contributed by atoms with E-state index in [-0.39, 0.29) is 17.9 Å². The van der Waals surface area contributed by atoms with E-state index in [0.717, 1.165) is 29.4 Å². The minimum Gasteiger partial charge on any atom is -0.332 e. The molecule has 1 aliphatic rings. The minimum atomic E-state index is -0.254. The monoisotopic (exact) mass is 449 g/mol. The largest absolute Gasteiger partial charge is 0.332 e. The summed E-state index contributed by atoms with van der Waals surface area (Å²) in [5.41, 5.74) is 2.75. The summed E-state index contributed by atoms with van der Waals surface area (Å²) < 4.78 is 1.01.